The summed E-state index contributed by atoms with van der Waals surface area (Å²) < 4.78 is 1.18. The SMILES string of the molecule is C[C@H]1CNCc2cc(Br)ccc21.Cl. The van der Waals surface area contributed by atoms with Crippen LogP contribution in [0.25, 0.3) is 0 Å². The molecule has 1 aliphatic heterocycles. The van der Waals surface area contributed by atoms with Gasteiger partial charge in [0.1, 0.15) is 0 Å². The van der Waals surface area contributed by atoms with Crippen LogP contribution in [-0.2, 0) is 6.54 Å². The molecule has 0 unspecified atom stereocenters. The molecule has 1 N–H and O–H groups in total. The molecule has 0 aliphatic carbocycles. The van der Waals surface area contributed by atoms with E-state index in [2.05, 4.69) is 46.4 Å². The third-order valence-corrected chi connectivity index (χ3v) is 2.90. The predicted octanol–water partition coefficient (Wildman–Crippen LogP) is 3.08. The Morgan fingerprint density at radius 3 is 3.00 bits per heavy atom. The number of benzene rings is 1. The van der Waals surface area contributed by atoms with Crippen LogP contribution in [0.5, 0.6) is 0 Å². The highest BCUT2D eigenvalue weighted by Crippen LogP contribution is 2.25. The molecule has 0 radical (unpaired) electrons. The van der Waals surface area contributed by atoms with Crippen molar-refractivity contribution in [3.8, 4) is 0 Å². The van der Waals surface area contributed by atoms with Gasteiger partial charge in [0.05, 0.1) is 0 Å². The maximum absolute atomic E-state index is 3.48. The van der Waals surface area contributed by atoms with Gasteiger partial charge in [0.15, 0.2) is 0 Å². The number of nitrogens with one attached hydrogen (secondary N) is 1. The van der Waals surface area contributed by atoms with E-state index in [1.165, 1.54) is 15.6 Å². The molecule has 0 fully saturated rings. The molecule has 0 aromatic heterocycles. The molecule has 1 aromatic rings. The van der Waals surface area contributed by atoms with Crippen LogP contribution in [0.4, 0.5) is 0 Å². The van der Waals surface area contributed by atoms with Crippen LogP contribution >= 0.6 is 28.3 Å². The third-order valence-electron chi connectivity index (χ3n) is 2.40. The second-order valence-corrected chi connectivity index (χ2v) is 4.29. The van der Waals surface area contributed by atoms with Crippen molar-refractivity contribution >= 4 is 28.3 Å². The number of hydrogen-bond acceptors (Lipinski definition) is 1. The molecule has 13 heavy (non-hydrogen) atoms. The fraction of sp³-hybridized carbons (Fsp3) is 0.400. The van der Waals surface area contributed by atoms with Gasteiger partial charge in [-0.05, 0) is 29.2 Å². The van der Waals surface area contributed by atoms with Crippen molar-refractivity contribution in [2.24, 2.45) is 0 Å². The van der Waals surface area contributed by atoms with E-state index in [0.717, 1.165) is 13.1 Å². The summed E-state index contributed by atoms with van der Waals surface area (Å²) >= 11 is 3.48. The lowest BCUT2D eigenvalue weighted by Crippen LogP contribution is -2.26. The van der Waals surface area contributed by atoms with Gasteiger partial charge in [0.2, 0.25) is 0 Å². The van der Waals surface area contributed by atoms with Crippen LogP contribution in [0.3, 0.4) is 0 Å². The van der Waals surface area contributed by atoms with Crippen LogP contribution < -0.4 is 5.32 Å². The summed E-state index contributed by atoms with van der Waals surface area (Å²) in [4.78, 5) is 0. The topological polar surface area (TPSA) is 12.0 Å². The summed E-state index contributed by atoms with van der Waals surface area (Å²) in [6.07, 6.45) is 0. The first kappa shape index (κ1) is 11.0. The molecule has 1 aliphatic rings. The van der Waals surface area contributed by atoms with Crippen molar-refractivity contribution in [2.45, 2.75) is 19.4 Å². The zero-order valence-corrected chi connectivity index (χ0v) is 9.91. The van der Waals surface area contributed by atoms with E-state index in [9.17, 15) is 0 Å². The van der Waals surface area contributed by atoms with Gasteiger partial charge >= 0.3 is 0 Å². The Hall–Kier alpha value is -0.0500. The average molecular weight is 263 g/mol. The fourth-order valence-electron chi connectivity index (χ4n) is 1.74. The summed E-state index contributed by atoms with van der Waals surface area (Å²) in [5, 5.41) is 3.40. The molecule has 72 valence electrons. The van der Waals surface area contributed by atoms with Crippen molar-refractivity contribution in [3.63, 3.8) is 0 Å². The molecule has 1 heterocycles. The second kappa shape index (κ2) is 4.45. The Morgan fingerprint density at radius 2 is 2.23 bits per heavy atom. The lowest BCUT2D eigenvalue weighted by Gasteiger charge is -2.23. The van der Waals surface area contributed by atoms with Gasteiger partial charge < -0.3 is 5.32 Å². The van der Waals surface area contributed by atoms with E-state index in [1.54, 1.807) is 0 Å². The highest BCUT2D eigenvalue weighted by Gasteiger charge is 2.14. The summed E-state index contributed by atoms with van der Waals surface area (Å²) in [6.45, 7) is 4.38. The minimum atomic E-state index is 0. The quantitative estimate of drug-likeness (QED) is 0.758. The molecule has 1 nitrogen and oxygen atoms in total. The normalized spacial score (nSPS) is 20.3. The van der Waals surface area contributed by atoms with Gasteiger partial charge in [0.25, 0.3) is 0 Å². The molecule has 0 saturated carbocycles. The molecular formula is C10H13BrClN. The summed E-state index contributed by atoms with van der Waals surface area (Å²) in [5.74, 6) is 0.654. The van der Waals surface area contributed by atoms with Gasteiger partial charge in [-0.15, -0.1) is 12.4 Å². The van der Waals surface area contributed by atoms with E-state index in [4.69, 9.17) is 0 Å². The van der Waals surface area contributed by atoms with E-state index in [0.29, 0.717) is 5.92 Å². The van der Waals surface area contributed by atoms with Gasteiger partial charge in [-0.3, -0.25) is 0 Å². The van der Waals surface area contributed by atoms with Crippen LogP contribution in [0.2, 0.25) is 0 Å². The first-order valence-electron chi connectivity index (χ1n) is 4.26. The Labute approximate surface area is 93.5 Å². The lowest BCUT2D eigenvalue weighted by atomic mass is 9.93. The van der Waals surface area contributed by atoms with Crippen molar-refractivity contribution in [1.82, 2.24) is 5.32 Å². The molecular weight excluding hydrogens is 249 g/mol. The highest BCUT2D eigenvalue weighted by atomic mass is 79.9. The second-order valence-electron chi connectivity index (χ2n) is 3.38. The Morgan fingerprint density at radius 1 is 1.46 bits per heavy atom. The average Bonchev–Trinajstić information content (AvgIpc) is 2.04. The maximum Gasteiger partial charge on any atom is 0.0208 e. The van der Waals surface area contributed by atoms with Gasteiger partial charge in [0, 0.05) is 17.6 Å². The van der Waals surface area contributed by atoms with E-state index >= 15 is 0 Å². The van der Waals surface area contributed by atoms with Crippen LogP contribution in [0, 0.1) is 0 Å². The smallest absolute Gasteiger partial charge is 0.0208 e. The molecule has 0 amide bonds. The minimum Gasteiger partial charge on any atom is -0.312 e. The number of fused-ring (bicyclic) bond motifs is 1. The van der Waals surface area contributed by atoms with Crippen molar-refractivity contribution in [2.75, 3.05) is 6.54 Å². The van der Waals surface area contributed by atoms with Crippen molar-refractivity contribution in [3.05, 3.63) is 33.8 Å². The maximum atomic E-state index is 3.48. The van der Waals surface area contributed by atoms with Gasteiger partial charge in [-0.25, -0.2) is 0 Å². The largest absolute Gasteiger partial charge is 0.312 e. The monoisotopic (exact) mass is 261 g/mol. The summed E-state index contributed by atoms with van der Waals surface area (Å²) in [7, 11) is 0. The Kier molecular flexibility index (Phi) is 3.77. The van der Waals surface area contributed by atoms with Gasteiger partial charge in [-0.1, -0.05) is 28.9 Å². The standard InChI is InChI=1S/C10H12BrN.ClH/c1-7-5-12-6-8-4-9(11)2-3-10(7)8;/h2-4,7,12H,5-6H2,1H3;1H/t7-;/m0./s1. The van der Waals surface area contributed by atoms with Crippen LogP contribution in [0.15, 0.2) is 22.7 Å². The molecule has 1 aromatic carbocycles. The van der Waals surface area contributed by atoms with E-state index < -0.39 is 0 Å². The first-order valence-corrected chi connectivity index (χ1v) is 5.05. The summed E-state index contributed by atoms with van der Waals surface area (Å²) in [6, 6.07) is 6.56. The van der Waals surface area contributed by atoms with E-state index in [1.807, 2.05) is 0 Å². The molecule has 0 spiro atoms. The molecule has 3 heteroatoms. The molecule has 2 rings (SSSR count). The zero-order valence-electron chi connectivity index (χ0n) is 7.51. The van der Waals surface area contributed by atoms with Gasteiger partial charge in [-0.2, -0.15) is 0 Å². The lowest BCUT2D eigenvalue weighted by molar-refractivity contribution is 0.571. The molecule has 1 atom stereocenters. The highest BCUT2D eigenvalue weighted by molar-refractivity contribution is 9.10. The van der Waals surface area contributed by atoms with Crippen molar-refractivity contribution < 1.29 is 0 Å². The van der Waals surface area contributed by atoms with Crippen LogP contribution in [0.1, 0.15) is 24.0 Å². The molecule has 0 bridgehead atoms. The Balaban J connectivity index is 0.000000845. The van der Waals surface area contributed by atoms with Crippen LogP contribution in [-0.4, -0.2) is 6.54 Å². The third kappa shape index (κ3) is 2.25. The predicted molar refractivity (Wildman–Crippen MR) is 61.5 cm³/mol. The fourth-order valence-corrected chi connectivity index (χ4v) is 2.15. The number of hydrogen-bond donors (Lipinski definition) is 1. The summed E-state index contributed by atoms with van der Waals surface area (Å²) in [5.41, 5.74) is 2.93. The molecule has 0 saturated heterocycles. The van der Waals surface area contributed by atoms with Crippen molar-refractivity contribution in [1.29, 1.82) is 0 Å². The van der Waals surface area contributed by atoms with E-state index in [-0.39, 0.29) is 12.4 Å². The Bertz CT molecular complexity index is 301. The number of halogens is 2. The first-order chi connectivity index (χ1) is 5.77. The number of rotatable bonds is 0. The minimum absolute atomic E-state index is 0. The zero-order chi connectivity index (χ0) is 8.55.